The second kappa shape index (κ2) is 3.59. The molecule has 6 heteroatoms. The first-order valence-electron chi connectivity index (χ1n) is 4.74. The van der Waals surface area contributed by atoms with Gasteiger partial charge in [-0.2, -0.15) is 0 Å². The number of benzene rings is 1. The van der Waals surface area contributed by atoms with Gasteiger partial charge in [0, 0.05) is 6.07 Å². The predicted molar refractivity (Wildman–Crippen MR) is 56.3 cm³/mol. The van der Waals surface area contributed by atoms with E-state index in [1.807, 2.05) is 6.92 Å². The number of nitro benzene ring substituents is 1. The lowest BCUT2D eigenvalue weighted by Crippen LogP contribution is -2.13. The summed E-state index contributed by atoms with van der Waals surface area (Å²) in [5.41, 5.74) is -0.798. The van der Waals surface area contributed by atoms with Crippen molar-refractivity contribution in [3.63, 3.8) is 0 Å². The Morgan fingerprint density at radius 1 is 1.56 bits per heavy atom. The largest absolute Gasteiger partial charge is 0.484 e. The molecule has 0 amide bonds. The van der Waals surface area contributed by atoms with E-state index in [1.165, 1.54) is 6.07 Å². The Balaban J connectivity index is 2.34. The molecule has 1 aromatic carbocycles. The van der Waals surface area contributed by atoms with Crippen molar-refractivity contribution < 1.29 is 14.1 Å². The first-order valence-corrected chi connectivity index (χ1v) is 5.12. The normalized spacial score (nSPS) is 16.9. The van der Waals surface area contributed by atoms with E-state index >= 15 is 0 Å². The Morgan fingerprint density at radius 3 is 2.69 bits per heavy atom. The highest BCUT2D eigenvalue weighted by molar-refractivity contribution is 6.32. The zero-order chi connectivity index (χ0) is 11.9. The fourth-order valence-corrected chi connectivity index (χ4v) is 1.51. The third kappa shape index (κ3) is 1.95. The number of nitrogens with zero attached hydrogens (tertiary/aromatic N) is 1. The van der Waals surface area contributed by atoms with Crippen LogP contribution in [-0.4, -0.2) is 10.5 Å². The summed E-state index contributed by atoms with van der Waals surface area (Å²) >= 11 is 5.55. The van der Waals surface area contributed by atoms with Gasteiger partial charge in [0.2, 0.25) is 0 Å². The van der Waals surface area contributed by atoms with Crippen LogP contribution >= 0.6 is 11.6 Å². The molecule has 16 heavy (non-hydrogen) atoms. The van der Waals surface area contributed by atoms with Crippen molar-refractivity contribution in [1.82, 2.24) is 0 Å². The zero-order valence-corrected chi connectivity index (χ0v) is 9.25. The molecule has 86 valence electrons. The number of hydrogen-bond acceptors (Lipinski definition) is 3. The average molecular weight is 246 g/mol. The molecule has 0 N–H and O–H groups in total. The van der Waals surface area contributed by atoms with Gasteiger partial charge in [-0.15, -0.1) is 0 Å². The van der Waals surface area contributed by atoms with E-state index in [4.69, 9.17) is 16.3 Å². The van der Waals surface area contributed by atoms with E-state index in [2.05, 4.69) is 0 Å². The predicted octanol–water partition coefficient (Wildman–Crippen LogP) is 3.32. The monoisotopic (exact) mass is 245 g/mol. The van der Waals surface area contributed by atoms with Crippen LogP contribution in [-0.2, 0) is 0 Å². The number of nitro groups is 1. The van der Waals surface area contributed by atoms with Gasteiger partial charge in [-0.3, -0.25) is 10.1 Å². The number of halogens is 2. The van der Waals surface area contributed by atoms with Gasteiger partial charge in [-0.1, -0.05) is 11.6 Å². The minimum Gasteiger partial charge on any atom is -0.484 e. The van der Waals surface area contributed by atoms with Crippen LogP contribution in [0.5, 0.6) is 5.75 Å². The molecule has 2 rings (SSSR count). The second-order valence-electron chi connectivity index (χ2n) is 4.02. The van der Waals surface area contributed by atoms with Gasteiger partial charge >= 0.3 is 0 Å². The third-order valence-corrected chi connectivity index (χ3v) is 2.89. The Labute approximate surface area is 96.1 Å². The summed E-state index contributed by atoms with van der Waals surface area (Å²) in [4.78, 5) is 9.77. The fourth-order valence-electron chi connectivity index (χ4n) is 1.28. The Bertz CT molecular complexity index is 460. The SMILES string of the molecule is CC1(Oc2ccc([N+](=O)[O-])c(Cl)c2F)CC1. The topological polar surface area (TPSA) is 52.4 Å². The van der Waals surface area contributed by atoms with Gasteiger partial charge in [-0.05, 0) is 25.8 Å². The van der Waals surface area contributed by atoms with E-state index < -0.39 is 21.5 Å². The second-order valence-corrected chi connectivity index (χ2v) is 4.40. The number of hydrogen-bond donors (Lipinski definition) is 0. The fraction of sp³-hybridized carbons (Fsp3) is 0.400. The highest BCUT2D eigenvalue weighted by atomic mass is 35.5. The molecule has 4 nitrogen and oxygen atoms in total. The first-order chi connectivity index (χ1) is 7.43. The van der Waals surface area contributed by atoms with Gasteiger partial charge in [-0.25, -0.2) is 4.39 Å². The molecule has 0 unspecified atom stereocenters. The molecular formula is C10H9ClFNO3. The minimum atomic E-state index is -0.871. The number of ether oxygens (including phenoxy) is 1. The molecule has 0 aromatic heterocycles. The summed E-state index contributed by atoms with van der Waals surface area (Å²) < 4.78 is 19.0. The van der Waals surface area contributed by atoms with Crippen LogP contribution in [0.2, 0.25) is 5.02 Å². The van der Waals surface area contributed by atoms with Crippen molar-refractivity contribution in [3.8, 4) is 5.75 Å². The van der Waals surface area contributed by atoms with Crippen LogP contribution < -0.4 is 4.74 Å². The van der Waals surface area contributed by atoms with Crippen molar-refractivity contribution in [2.24, 2.45) is 0 Å². The van der Waals surface area contributed by atoms with E-state index in [0.717, 1.165) is 18.9 Å². The van der Waals surface area contributed by atoms with Crippen LogP contribution in [0.3, 0.4) is 0 Å². The molecule has 0 heterocycles. The molecular weight excluding hydrogens is 237 g/mol. The molecule has 0 aliphatic heterocycles. The highest BCUT2D eigenvalue weighted by Crippen LogP contribution is 2.42. The zero-order valence-electron chi connectivity index (χ0n) is 8.50. The van der Waals surface area contributed by atoms with Crippen LogP contribution in [0.15, 0.2) is 12.1 Å². The van der Waals surface area contributed by atoms with E-state index in [1.54, 1.807) is 0 Å². The summed E-state index contributed by atoms with van der Waals surface area (Å²) in [5.74, 6) is -0.903. The van der Waals surface area contributed by atoms with Crippen molar-refractivity contribution in [2.45, 2.75) is 25.4 Å². The van der Waals surface area contributed by atoms with Gasteiger partial charge < -0.3 is 4.74 Å². The summed E-state index contributed by atoms with van der Waals surface area (Å²) in [6.07, 6.45) is 1.70. The summed E-state index contributed by atoms with van der Waals surface area (Å²) in [7, 11) is 0. The molecule has 1 aromatic rings. The van der Waals surface area contributed by atoms with Crippen molar-refractivity contribution in [3.05, 3.63) is 33.1 Å². The smallest absolute Gasteiger partial charge is 0.291 e. The maximum Gasteiger partial charge on any atom is 0.291 e. The Kier molecular flexibility index (Phi) is 2.50. The molecule has 1 aliphatic carbocycles. The molecule has 1 fully saturated rings. The summed E-state index contributed by atoms with van der Waals surface area (Å²) in [6.45, 7) is 1.85. The van der Waals surface area contributed by atoms with Gasteiger partial charge in [0.1, 0.15) is 5.60 Å². The lowest BCUT2D eigenvalue weighted by Gasteiger charge is -2.13. The van der Waals surface area contributed by atoms with Crippen LogP contribution in [0.4, 0.5) is 10.1 Å². The number of rotatable bonds is 3. The van der Waals surface area contributed by atoms with Gasteiger partial charge in [0.25, 0.3) is 5.69 Å². The molecule has 0 atom stereocenters. The van der Waals surface area contributed by atoms with Crippen LogP contribution in [0.1, 0.15) is 19.8 Å². The molecule has 0 bridgehead atoms. The van der Waals surface area contributed by atoms with E-state index in [-0.39, 0.29) is 11.4 Å². The van der Waals surface area contributed by atoms with Gasteiger partial charge in [0.05, 0.1) is 4.92 Å². The summed E-state index contributed by atoms with van der Waals surface area (Å²) in [6, 6.07) is 2.38. The van der Waals surface area contributed by atoms with Crippen molar-refractivity contribution in [2.75, 3.05) is 0 Å². The van der Waals surface area contributed by atoms with Crippen LogP contribution in [0.25, 0.3) is 0 Å². The van der Waals surface area contributed by atoms with Crippen molar-refractivity contribution >= 4 is 17.3 Å². The first kappa shape index (κ1) is 11.1. The van der Waals surface area contributed by atoms with Crippen LogP contribution in [0, 0.1) is 15.9 Å². The third-order valence-electron chi connectivity index (χ3n) is 2.53. The van der Waals surface area contributed by atoms with E-state index in [0.29, 0.717) is 0 Å². The molecule has 0 saturated heterocycles. The standard InChI is InChI=1S/C10H9ClFNO3/c1-10(4-5-10)16-7-3-2-6(13(14)15)8(11)9(7)12/h2-3H,4-5H2,1H3. The maximum absolute atomic E-state index is 13.6. The highest BCUT2D eigenvalue weighted by Gasteiger charge is 2.41. The van der Waals surface area contributed by atoms with Gasteiger partial charge in [0.15, 0.2) is 16.6 Å². The Morgan fingerprint density at radius 2 is 2.19 bits per heavy atom. The van der Waals surface area contributed by atoms with Crippen molar-refractivity contribution in [1.29, 1.82) is 0 Å². The Hall–Kier alpha value is -1.36. The lowest BCUT2D eigenvalue weighted by atomic mass is 10.3. The van der Waals surface area contributed by atoms with E-state index in [9.17, 15) is 14.5 Å². The molecule has 1 aliphatic rings. The maximum atomic E-state index is 13.6. The average Bonchev–Trinajstić information content (AvgIpc) is 2.91. The minimum absolute atomic E-state index is 0.0319. The molecule has 0 spiro atoms. The lowest BCUT2D eigenvalue weighted by molar-refractivity contribution is -0.384. The summed E-state index contributed by atoms with van der Waals surface area (Å²) in [5, 5.41) is 9.99. The molecule has 1 saturated carbocycles. The molecule has 0 radical (unpaired) electrons. The quantitative estimate of drug-likeness (QED) is 0.606.